The Bertz CT molecular complexity index is 451. The van der Waals surface area contributed by atoms with E-state index in [9.17, 15) is 4.79 Å². The molecule has 1 N–H and O–H groups in total. The summed E-state index contributed by atoms with van der Waals surface area (Å²) < 4.78 is 0. The summed E-state index contributed by atoms with van der Waals surface area (Å²) in [7, 11) is 1.84. The molecule has 2 saturated carbocycles. The van der Waals surface area contributed by atoms with Gasteiger partial charge in [-0.25, -0.2) is 14.8 Å². The molecule has 0 atom stereocenters. The van der Waals surface area contributed by atoms with Crippen molar-refractivity contribution in [1.82, 2.24) is 14.9 Å². The number of carbonyl (C=O) groups is 1. The summed E-state index contributed by atoms with van der Waals surface area (Å²) >= 11 is 0. The zero-order valence-electron chi connectivity index (χ0n) is 11.3. The van der Waals surface area contributed by atoms with Crippen LogP contribution >= 0.6 is 0 Å². The van der Waals surface area contributed by atoms with Crippen LogP contribution in [0.2, 0.25) is 0 Å². The van der Waals surface area contributed by atoms with Crippen molar-refractivity contribution >= 4 is 11.7 Å². The third-order valence-electron chi connectivity index (χ3n) is 3.97. The van der Waals surface area contributed by atoms with E-state index >= 15 is 0 Å². The lowest BCUT2D eigenvalue weighted by atomic mass is 9.85. The van der Waals surface area contributed by atoms with Gasteiger partial charge in [-0.1, -0.05) is 6.42 Å². The predicted octanol–water partition coefficient (Wildman–Crippen LogP) is 2.62. The molecule has 3 rings (SSSR count). The van der Waals surface area contributed by atoms with Crippen LogP contribution in [0.15, 0.2) is 12.4 Å². The molecule has 1 aromatic heterocycles. The number of hydrogen-bond donors (Lipinski definition) is 1. The lowest BCUT2D eigenvalue weighted by Gasteiger charge is -2.30. The van der Waals surface area contributed by atoms with Crippen LogP contribution in [0.25, 0.3) is 0 Å². The van der Waals surface area contributed by atoms with Crippen molar-refractivity contribution in [2.45, 2.75) is 38.0 Å². The van der Waals surface area contributed by atoms with Gasteiger partial charge in [-0.05, 0) is 31.6 Å². The molecule has 0 bridgehead atoms. The van der Waals surface area contributed by atoms with Gasteiger partial charge >= 0.3 is 6.03 Å². The normalized spacial score (nSPS) is 18.8. The van der Waals surface area contributed by atoms with E-state index in [1.54, 1.807) is 17.3 Å². The van der Waals surface area contributed by atoms with Gasteiger partial charge in [-0.2, -0.15) is 0 Å². The van der Waals surface area contributed by atoms with Crippen LogP contribution in [0.5, 0.6) is 0 Å². The summed E-state index contributed by atoms with van der Waals surface area (Å²) in [5.41, 5.74) is 0.676. The Morgan fingerprint density at radius 1 is 1.32 bits per heavy atom. The number of carbonyl (C=O) groups excluding carboxylic acids is 1. The highest BCUT2D eigenvalue weighted by Gasteiger charge is 2.26. The number of hydrogen-bond acceptors (Lipinski definition) is 3. The molecule has 0 unspecified atom stereocenters. The smallest absolute Gasteiger partial charge is 0.321 e. The van der Waals surface area contributed by atoms with Gasteiger partial charge in [0.1, 0.15) is 5.82 Å². The minimum absolute atomic E-state index is 0.0744. The van der Waals surface area contributed by atoms with Crippen molar-refractivity contribution in [1.29, 1.82) is 0 Å². The fourth-order valence-corrected chi connectivity index (χ4v) is 2.32. The van der Waals surface area contributed by atoms with E-state index in [2.05, 4.69) is 15.3 Å². The first-order valence-corrected chi connectivity index (χ1v) is 7.06. The van der Waals surface area contributed by atoms with Gasteiger partial charge in [-0.15, -0.1) is 0 Å². The molecular weight excluding hydrogens is 240 g/mol. The van der Waals surface area contributed by atoms with E-state index in [1.165, 1.54) is 32.1 Å². The van der Waals surface area contributed by atoms with E-state index in [-0.39, 0.29) is 6.03 Å². The highest BCUT2D eigenvalue weighted by Crippen LogP contribution is 2.37. The predicted molar refractivity (Wildman–Crippen MR) is 73.0 cm³/mol. The molecule has 0 aromatic carbocycles. The number of anilines is 1. The number of nitrogens with zero attached hydrogens (tertiary/aromatic N) is 3. The Balaban J connectivity index is 1.52. The minimum Gasteiger partial charge on any atom is -0.327 e. The Kier molecular flexibility index (Phi) is 3.36. The average molecular weight is 260 g/mol. The molecule has 5 nitrogen and oxygen atoms in total. The Labute approximate surface area is 113 Å². The highest BCUT2D eigenvalue weighted by atomic mass is 16.2. The molecule has 2 aliphatic rings. The molecule has 1 heterocycles. The highest BCUT2D eigenvalue weighted by molar-refractivity contribution is 5.88. The molecule has 1 aromatic rings. The third kappa shape index (κ3) is 3.03. The van der Waals surface area contributed by atoms with Crippen LogP contribution in [0.4, 0.5) is 10.5 Å². The molecule has 19 heavy (non-hydrogen) atoms. The van der Waals surface area contributed by atoms with E-state index < -0.39 is 0 Å². The number of urea groups is 1. The molecule has 5 heteroatoms. The average Bonchev–Trinajstić information content (AvgIpc) is 3.18. The minimum atomic E-state index is -0.0744. The number of amides is 2. The zero-order valence-corrected chi connectivity index (χ0v) is 11.3. The van der Waals surface area contributed by atoms with Crippen molar-refractivity contribution in [3.05, 3.63) is 18.2 Å². The summed E-state index contributed by atoms with van der Waals surface area (Å²) in [6.45, 7) is 0.840. The first kappa shape index (κ1) is 12.4. The van der Waals surface area contributed by atoms with Crippen molar-refractivity contribution in [3.63, 3.8) is 0 Å². The standard InChI is InChI=1S/C14H20N4O/c1-18(9-10-3-2-4-10)14(19)17-12-7-15-13(16-8-12)11-5-6-11/h7-8,10-11H,2-6,9H2,1H3,(H,17,19). The second kappa shape index (κ2) is 5.15. The first-order chi connectivity index (χ1) is 9.22. The zero-order chi connectivity index (χ0) is 13.2. The molecule has 0 saturated heterocycles. The summed E-state index contributed by atoms with van der Waals surface area (Å²) in [4.78, 5) is 22.3. The van der Waals surface area contributed by atoms with E-state index in [1.807, 2.05) is 7.05 Å². The van der Waals surface area contributed by atoms with Crippen molar-refractivity contribution < 1.29 is 4.79 Å². The summed E-state index contributed by atoms with van der Waals surface area (Å²) in [5.74, 6) is 2.14. The lowest BCUT2D eigenvalue weighted by Crippen LogP contribution is -2.37. The number of nitrogens with one attached hydrogen (secondary N) is 1. The Morgan fingerprint density at radius 3 is 2.53 bits per heavy atom. The number of aromatic nitrogens is 2. The lowest BCUT2D eigenvalue weighted by molar-refractivity contribution is 0.194. The molecule has 0 aliphatic heterocycles. The summed E-state index contributed by atoms with van der Waals surface area (Å²) in [5, 5.41) is 2.84. The quantitative estimate of drug-likeness (QED) is 0.905. The van der Waals surface area contributed by atoms with Gasteiger partial charge in [0.05, 0.1) is 18.1 Å². The summed E-state index contributed by atoms with van der Waals surface area (Å²) in [6, 6.07) is -0.0744. The van der Waals surface area contributed by atoms with Gasteiger partial charge in [-0.3, -0.25) is 0 Å². The maximum Gasteiger partial charge on any atom is 0.321 e. The largest absolute Gasteiger partial charge is 0.327 e. The van der Waals surface area contributed by atoms with Crippen LogP contribution in [0.1, 0.15) is 43.8 Å². The van der Waals surface area contributed by atoms with Gasteiger partial charge in [0.25, 0.3) is 0 Å². The maximum atomic E-state index is 12.0. The third-order valence-corrected chi connectivity index (χ3v) is 3.97. The van der Waals surface area contributed by atoms with Crippen molar-refractivity contribution in [3.8, 4) is 0 Å². The van der Waals surface area contributed by atoms with Crippen molar-refractivity contribution in [2.24, 2.45) is 5.92 Å². The second-order valence-electron chi connectivity index (χ2n) is 5.71. The van der Waals surface area contributed by atoms with E-state index in [0.717, 1.165) is 12.4 Å². The van der Waals surface area contributed by atoms with Crippen LogP contribution in [-0.4, -0.2) is 34.5 Å². The molecule has 2 aliphatic carbocycles. The van der Waals surface area contributed by atoms with E-state index in [4.69, 9.17) is 0 Å². The fourth-order valence-electron chi connectivity index (χ4n) is 2.32. The molecule has 0 spiro atoms. The first-order valence-electron chi connectivity index (χ1n) is 7.06. The van der Waals surface area contributed by atoms with Crippen LogP contribution < -0.4 is 5.32 Å². The molecule has 0 radical (unpaired) electrons. The maximum absolute atomic E-state index is 12.0. The second-order valence-corrected chi connectivity index (χ2v) is 5.71. The Morgan fingerprint density at radius 2 is 2.00 bits per heavy atom. The fraction of sp³-hybridized carbons (Fsp3) is 0.643. The topological polar surface area (TPSA) is 58.1 Å². The van der Waals surface area contributed by atoms with Gasteiger partial charge < -0.3 is 10.2 Å². The number of rotatable bonds is 4. The molecule has 2 fully saturated rings. The van der Waals surface area contributed by atoms with Crippen LogP contribution in [0, 0.1) is 5.92 Å². The van der Waals surface area contributed by atoms with Gasteiger partial charge in [0.2, 0.25) is 0 Å². The molecule has 102 valence electrons. The van der Waals surface area contributed by atoms with Crippen LogP contribution in [0.3, 0.4) is 0 Å². The Hall–Kier alpha value is -1.65. The molecular formula is C14H20N4O. The SMILES string of the molecule is CN(CC1CCC1)C(=O)Nc1cnc(C2CC2)nc1. The van der Waals surface area contributed by atoms with Crippen molar-refractivity contribution in [2.75, 3.05) is 18.9 Å². The van der Waals surface area contributed by atoms with E-state index in [0.29, 0.717) is 17.5 Å². The monoisotopic (exact) mass is 260 g/mol. The summed E-state index contributed by atoms with van der Waals surface area (Å²) in [6.07, 6.45) is 9.58. The van der Waals surface area contributed by atoms with Crippen LogP contribution in [-0.2, 0) is 0 Å². The van der Waals surface area contributed by atoms with Gasteiger partial charge in [0, 0.05) is 19.5 Å². The van der Waals surface area contributed by atoms with Gasteiger partial charge in [0.15, 0.2) is 0 Å². The molecule has 2 amide bonds.